The summed E-state index contributed by atoms with van der Waals surface area (Å²) >= 11 is 3.25. The molecule has 5 rings (SSSR count). The fraction of sp³-hybridized carbons (Fsp3) is 0.350. The van der Waals surface area contributed by atoms with Gasteiger partial charge >= 0.3 is 0 Å². The van der Waals surface area contributed by atoms with Crippen LogP contribution >= 0.6 is 22.7 Å². The van der Waals surface area contributed by atoms with Crippen molar-refractivity contribution < 1.29 is 4.79 Å². The second-order valence-electron chi connectivity index (χ2n) is 7.03. The molecule has 1 saturated heterocycles. The quantitative estimate of drug-likeness (QED) is 0.647. The van der Waals surface area contributed by atoms with E-state index in [9.17, 15) is 4.79 Å². The molecule has 0 spiro atoms. The summed E-state index contributed by atoms with van der Waals surface area (Å²) in [4.78, 5) is 27.9. The number of carbonyl (C=O) groups excluding carboxylic acids is 1. The summed E-state index contributed by atoms with van der Waals surface area (Å²) < 4.78 is 0. The molecule has 27 heavy (non-hydrogen) atoms. The van der Waals surface area contributed by atoms with Crippen LogP contribution in [0.1, 0.15) is 38.8 Å². The van der Waals surface area contributed by atoms with Crippen LogP contribution < -0.4 is 4.90 Å². The molecule has 0 unspecified atom stereocenters. The topological polar surface area (TPSA) is 49.3 Å². The number of rotatable bonds is 2. The molecule has 2 aliphatic heterocycles. The molecule has 1 amide bonds. The summed E-state index contributed by atoms with van der Waals surface area (Å²) in [5.74, 6) is -0.00174. The zero-order valence-electron chi connectivity index (χ0n) is 15.1. The van der Waals surface area contributed by atoms with E-state index in [1.165, 1.54) is 29.1 Å². The number of fused-ring (bicyclic) bond motifs is 3. The van der Waals surface area contributed by atoms with Crippen molar-refractivity contribution in [1.29, 1.82) is 0 Å². The molecule has 2 aromatic heterocycles. The molecule has 4 heterocycles. The van der Waals surface area contributed by atoms with E-state index in [1.807, 2.05) is 23.3 Å². The smallest absolute Gasteiger partial charge is 0.273 e. The molecule has 7 heteroatoms. The zero-order chi connectivity index (χ0) is 18.4. The molecule has 0 N–H and O–H groups in total. The summed E-state index contributed by atoms with van der Waals surface area (Å²) in [6.07, 6.45) is 2.46. The highest BCUT2D eigenvalue weighted by Crippen LogP contribution is 2.39. The lowest BCUT2D eigenvalue weighted by Gasteiger charge is -2.20. The summed E-state index contributed by atoms with van der Waals surface area (Å²) in [6, 6.07) is 8.32. The summed E-state index contributed by atoms with van der Waals surface area (Å²) in [7, 11) is 0. The van der Waals surface area contributed by atoms with Gasteiger partial charge in [0.05, 0.1) is 22.1 Å². The van der Waals surface area contributed by atoms with Crippen LogP contribution in [-0.4, -0.2) is 33.9 Å². The van der Waals surface area contributed by atoms with Gasteiger partial charge in [-0.1, -0.05) is 35.6 Å². The summed E-state index contributed by atoms with van der Waals surface area (Å²) in [6.45, 7) is 5.27. The molecule has 0 atom stereocenters. The Labute approximate surface area is 166 Å². The van der Waals surface area contributed by atoms with Crippen molar-refractivity contribution in [2.75, 3.05) is 18.0 Å². The van der Waals surface area contributed by atoms with E-state index < -0.39 is 0 Å². The first-order chi connectivity index (χ1) is 13.2. The van der Waals surface area contributed by atoms with E-state index in [2.05, 4.69) is 28.1 Å². The summed E-state index contributed by atoms with van der Waals surface area (Å²) in [5, 5.41) is 3.87. The number of aromatic nitrogens is 2. The van der Waals surface area contributed by atoms with E-state index in [0.717, 1.165) is 40.0 Å². The lowest BCUT2D eigenvalue weighted by atomic mass is 10.1. The Morgan fingerprint density at radius 2 is 1.93 bits per heavy atom. The maximum Gasteiger partial charge on any atom is 0.273 e. The third kappa shape index (κ3) is 3.04. The number of thiazole rings is 2. The predicted molar refractivity (Wildman–Crippen MR) is 109 cm³/mol. The van der Waals surface area contributed by atoms with Gasteiger partial charge in [-0.25, -0.2) is 9.97 Å². The Bertz CT molecular complexity index is 1000. The molecular weight excluding hydrogens is 376 g/mol. The van der Waals surface area contributed by atoms with Crippen molar-refractivity contribution in [2.24, 2.45) is 0 Å². The zero-order valence-corrected chi connectivity index (χ0v) is 16.8. The summed E-state index contributed by atoms with van der Waals surface area (Å²) in [5.41, 5.74) is 3.89. The van der Waals surface area contributed by atoms with Gasteiger partial charge in [0.2, 0.25) is 0 Å². The molecule has 5 nitrogen and oxygen atoms in total. The maximum absolute atomic E-state index is 13.1. The van der Waals surface area contributed by atoms with Crippen molar-refractivity contribution in [1.82, 2.24) is 14.9 Å². The van der Waals surface area contributed by atoms with Gasteiger partial charge in [0.1, 0.15) is 5.69 Å². The Morgan fingerprint density at radius 3 is 2.70 bits per heavy atom. The Morgan fingerprint density at radius 1 is 1.11 bits per heavy atom. The standard InChI is InChI=1S/C20H20N4OS2/c1-13-21-16(12-26-13)19(25)24-10-14-6-2-3-7-15(14)18-17(11-24)27-20(22-18)23-8-4-5-9-23/h2-3,6-7,12H,4-5,8-11H2,1H3. The number of amides is 1. The van der Waals surface area contributed by atoms with Crippen LogP contribution in [-0.2, 0) is 13.1 Å². The first kappa shape index (κ1) is 16.9. The number of nitrogens with zero attached hydrogens (tertiary/aromatic N) is 4. The highest BCUT2D eigenvalue weighted by Gasteiger charge is 2.28. The minimum Gasteiger partial charge on any atom is -0.348 e. The van der Waals surface area contributed by atoms with Crippen LogP contribution in [0.5, 0.6) is 0 Å². The first-order valence-electron chi connectivity index (χ1n) is 9.23. The number of anilines is 1. The van der Waals surface area contributed by atoms with Crippen LogP contribution in [0.3, 0.4) is 0 Å². The van der Waals surface area contributed by atoms with Gasteiger partial charge in [-0.15, -0.1) is 11.3 Å². The number of benzene rings is 1. The second kappa shape index (κ2) is 6.73. The van der Waals surface area contributed by atoms with Crippen LogP contribution in [0.15, 0.2) is 29.6 Å². The first-order valence-corrected chi connectivity index (χ1v) is 10.9. The van der Waals surface area contributed by atoms with E-state index in [4.69, 9.17) is 4.98 Å². The van der Waals surface area contributed by atoms with Gasteiger partial charge in [0.15, 0.2) is 5.13 Å². The molecule has 138 valence electrons. The van der Waals surface area contributed by atoms with Gasteiger partial charge in [-0.2, -0.15) is 0 Å². The molecule has 1 aromatic carbocycles. The number of hydrogen-bond acceptors (Lipinski definition) is 6. The molecule has 1 fully saturated rings. The molecule has 2 aliphatic rings. The van der Waals surface area contributed by atoms with Crippen LogP contribution in [0.2, 0.25) is 0 Å². The molecule has 0 saturated carbocycles. The van der Waals surface area contributed by atoms with Gasteiger partial charge in [-0.05, 0) is 25.3 Å². The Hall–Kier alpha value is -2.25. The third-order valence-electron chi connectivity index (χ3n) is 5.16. The van der Waals surface area contributed by atoms with Crippen molar-refractivity contribution in [3.05, 3.63) is 50.8 Å². The van der Waals surface area contributed by atoms with Crippen molar-refractivity contribution in [3.8, 4) is 11.3 Å². The van der Waals surface area contributed by atoms with Crippen LogP contribution in [0.4, 0.5) is 5.13 Å². The molecule has 3 aromatic rings. The monoisotopic (exact) mass is 396 g/mol. The number of aryl methyl sites for hydroxylation is 1. The average molecular weight is 397 g/mol. The maximum atomic E-state index is 13.1. The fourth-order valence-electron chi connectivity index (χ4n) is 3.79. The van der Waals surface area contributed by atoms with Gasteiger partial charge < -0.3 is 9.80 Å². The normalized spacial score (nSPS) is 16.2. The van der Waals surface area contributed by atoms with Crippen molar-refractivity contribution in [2.45, 2.75) is 32.9 Å². The number of hydrogen-bond donors (Lipinski definition) is 0. The molecular formula is C20H20N4OS2. The minimum atomic E-state index is -0.00174. The van der Waals surface area contributed by atoms with E-state index in [1.54, 1.807) is 11.3 Å². The van der Waals surface area contributed by atoms with Gasteiger partial charge in [0.25, 0.3) is 5.91 Å². The van der Waals surface area contributed by atoms with Crippen LogP contribution in [0.25, 0.3) is 11.3 Å². The Balaban J connectivity index is 1.56. The third-order valence-corrected chi connectivity index (χ3v) is 7.03. The van der Waals surface area contributed by atoms with E-state index >= 15 is 0 Å². The Kier molecular flexibility index (Phi) is 4.21. The van der Waals surface area contributed by atoms with Gasteiger partial charge in [-0.3, -0.25) is 4.79 Å². The van der Waals surface area contributed by atoms with E-state index in [0.29, 0.717) is 18.8 Å². The molecule has 0 bridgehead atoms. The highest BCUT2D eigenvalue weighted by molar-refractivity contribution is 7.16. The largest absolute Gasteiger partial charge is 0.348 e. The number of carbonyl (C=O) groups is 1. The second-order valence-corrected chi connectivity index (χ2v) is 9.16. The van der Waals surface area contributed by atoms with Gasteiger partial charge in [0, 0.05) is 30.6 Å². The SMILES string of the molecule is Cc1nc(C(=O)N2Cc3ccccc3-c3nc(N4CCCC4)sc3C2)cs1. The predicted octanol–water partition coefficient (Wildman–Crippen LogP) is 4.33. The van der Waals surface area contributed by atoms with Crippen molar-refractivity contribution in [3.63, 3.8) is 0 Å². The molecule has 0 aliphatic carbocycles. The van der Waals surface area contributed by atoms with Crippen LogP contribution in [0, 0.1) is 6.92 Å². The minimum absolute atomic E-state index is 0.00174. The van der Waals surface area contributed by atoms with E-state index in [-0.39, 0.29) is 5.91 Å². The lowest BCUT2D eigenvalue weighted by molar-refractivity contribution is 0.0728. The lowest BCUT2D eigenvalue weighted by Crippen LogP contribution is -2.29. The molecule has 0 radical (unpaired) electrons. The van der Waals surface area contributed by atoms with Crippen molar-refractivity contribution >= 4 is 33.7 Å². The highest BCUT2D eigenvalue weighted by atomic mass is 32.1. The fourth-order valence-corrected chi connectivity index (χ4v) is 5.52. The average Bonchev–Trinajstić information content (AvgIpc) is 3.40.